The maximum absolute atomic E-state index is 12.8. The van der Waals surface area contributed by atoms with Gasteiger partial charge in [0.05, 0.1) is 18.1 Å². The molecule has 1 aromatic carbocycles. The van der Waals surface area contributed by atoms with Gasteiger partial charge in [0.2, 0.25) is 5.91 Å². The number of benzene rings is 1. The van der Waals surface area contributed by atoms with E-state index in [-0.39, 0.29) is 17.4 Å². The first-order chi connectivity index (χ1) is 15.6. The Morgan fingerprint density at radius 3 is 2.62 bits per heavy atom. The molecule has 166 valence electrons. The van der Waals surface area contributed by atoms with E-state index in [0.717, 1.165) is 41.7 Å². The topological polar surface area (TPSA) is 83.3 Å². The largest absolute Gasteiger partial charge is 0.441 e. The van der Waals surface area contributed by atoms with Crippen LogP contribution in [0, 0.1) is 0 Å². The van der Waals surface area contributed by atoms with Crippen molar-refractivity contribution in [2.75, 3.05) is 44.3 Å². The summed E-state index contributed by atoms with van der Waals surface area (Å²) in [7, 11) is 0. The second-order valence-corrected chi connectivity index (χ2v) is 8.87. The van der Waals surface area contributed by atoms with E-state index in [1.807, 2.05) is 24.3 Å². The fourth-order valence-electron chi connectivity index (χ4n) is 4.08. The van der Waals surface area contributed by atoms with Crippen LogP contribution in [0.15, 0.2) is 45.7 Å². The van der Waals surface area contributed by atoms with Gasteiger partial charge < -0.3 is 19.0 Å². The van der Waals surface area contributed by atoms with Crippen molar-refractivity contribution >= 4 is 40.8 Å². The van der Waals surface area contributed by atoms with Crippen LogP contribution in [0.1, 0.15) is 16.9 Å². The Morgan fingerprint density at radius 2 is 1.81 bits per heavy atom. The summed E-state index contributed by atoms with van der Waals surface area (Å²) in [5.41, 5.74) is 2.34. The Bertz CT molecular complexity index is 1090. The number of thioether (sulfide) groups is 1. The number of nitrogens with zero attached hydrogens (tertiary/aromatic N) is 3. The van der Waals surface area contributed by atoms with Gasteiger partial charge in [0.25, 0.3) is 11.1 Å². The van der Waals surface area contributed by atoms with Gasteiger partial charge in [0.1, 0.15) is 12.3 Å². The first-order valence-electron chi connectivity index (χ1n) is 10.6. The summed E-state index contributed by atoms with van der Waals surface area (Å²) < 4.78 is 11.2. The minimum Gasteiger partial charge on any atom is -0.441 e. The molecule has 8 nitrogen and oxygen atoms in total. The number of anilines is 1. The summed E-state index contributed by atoms with van der Waals surface area (Å²) in [4.78, 5) is 43.1. The van der Waals surface area contributed by atoms with Crippen LogP contribution in [0.3, 0.4) is 0 Å². The number of ether oxygens (including phenoxy) is 1. The van der Waals surface area contributed by atoms with Crippen LogP contribution >= 0.6 is 11.8 Å². The molecule has 4 heterocycles. The summed E-state index contributed by atoms with van der Waals surface area (Å²) in [5, 5.41) is -0.438. The van der Waals surface area contributed by atoms with Crippen LogP contribution in [-0.4, -0.2) is 66.2 Å². The van der Waals surface area contributed by atoms with Gasteiger partial charge in [-0.05, 0) is 35.4 Å². The van der Waals surface area contributed by atoms with E-state index in [2.05, 4.69) is 11.0 Å². The van der Waals surface area contributed by atoms with Gasteiger partial charge in [-0.2, -0.15) is 0 Å². The summed E-state index contributed by atoms with van der Waals surface area (Å²) >= 11 is 0.833. The van der Waals surface area contributed by atoms with Crippen LogP contribution in [-0.2, 0) is 27.3 Å². The average molecular weight is 454 g/mol. The average Bonchev–Trinajstić information content (AvgIpc) is 3.39. The van der Waals surface area contributed by atoms with Crippen molar-refractivity contribution in [3.63, 3.8) is 0 Å². The molecule has 9 heteroatoms. The first kappa shape index (κ1) is 20.8. The number of carbonyl (C=O) groups is 3. The molecule has 0 spiro atoms. The minimum absolute atomic E-state index is 0.226. The molecule has 0 bridgehead atoms. The number of morpholine rings is 1. The van der Waals surface area contributed by atoms with E-state index in [9.17, 15) is 14.4 Å². The third-order valence-corrected chi connectivity index (χ3v) is 6.77. The quantitative estimate of drug-likeness (QED) is 0.659. The molecule has 3 amide bonds. The molecule has 0 saturated carbocycles. The fourth-order valence-corrected chi connectivity index (χ4v) is 4.90. The SMILES string of the molecule is O=C(CN1C(=O)S/C(=C\c2ccc(N3CCOCC3)o2)C1=O)N1CCc2ccccc2C1. The lowest BCUT2D eigenvalue weighted by Crippen LogP contribution is -2.44. The van der Waals surface area contributed by atoms with Gasteiger partial charge in [-0.15, -0.1) is 0 Å². The zero-order chi connectivity index (χ0) is 22.1. The van der Waals surface area contributed by atoms with Crippen molar-refractivity contribution in [2.45, 2.75) is 13.0 Å². The Morgan fingerprint density at radius 1 is 1.03 bits per heavy atom. The highest BCUT2D eigenvalue weighted by Gasteiger charge is 2.37. The predicted octanol–water partition coefficient (Wildman–Crippen LogP) is 2.74. The van der Waals surface area contributed by atoms with E-state index >= 15 is 0 Å². The number of hydrogen-bond acceptors (Lipinski definition) is 7. The number of carbonyl (C=O) groups excluding carboxylic acids is 3. The Labute approximate surface area is 189 Å². The number of furan rings is 1. The highest BCUT2D eigenvalue weighted by atomic mass is 32.2. The molecule has 2 fully saturated rings. The smallest absolute Gasteiger partial charge is 0.294 e. The van der Waals surface area contributed by atoms with Crippen molar-refractivity contribution in [2.24, 2.45) is 0 Å². The Kier molecular flexibility index (Phi) is 5.75. The van der Waals surface area contributed by atoms with E-state index in [1.54, 1.807) is 17.0 Å². The molecule has 0 atom stereocenters. The first-order valence-corrected chi connectivity index (χ1v) is 11.4. The van der Waals surface area contributed by atoms with Crippen LogP contribution in [0.25, 0.3) is 6.08 Å². The zero-order valence-electron chi connectivity index (χ0n) is 17.5. The molecule has 32 heavy (non-hydrogen) atoms. The lowest BCUT2D eigenvalue weighted by molar-refractivity contribution is -0.136. The lowest BCUT2D eigenvalue weighted by Gasteiger charge is -2.29. The van der Waals surface area contributed by atoms with E-state index in [4.69, 9.17) is 9.15 Å². The Hall–Kier alpha value is -3.04. The summed E-state index contributed by atoms with van der Waals surface area (Å²) in [6, 6.07) is 11.6. The molecule has 0 unspecified atom stereocenters. The van der Waals surface area contributed by atoms with Gasteiger partial charge in [-0.3, -0.25) is 19.3 Å². The number of hydrogen-bond donors (Lipinski definition) is 0. The predicted molar refractivity (Wildman–Crippen MR) is 120 cm³/mol. The summed E-state index contributed by atoms with van der Waals surface area (Å²) in [6.07, 6.45) is 2.34. The molecular formula is C23H23N3O5S. The maximum atomic E-state index is 12.8. The lowest BCUT2D eigenvalue weighted by atomic mass is 10.00. The highest BCUT2D eigenvalue weighted by Crippen LogP contribution is 2.33. The van der Waals surface area contributed by atoms with E-state index < -0.39 is 11.1 Å². The van der Waals surface area contributed by atoms with Gasteiger partial charge in [0, 0.05) is 38.3 Å². The molecule has 0 N–H and O–H groups in total. The summed E-state index contributed by atoms with van der Waals surface area (Å²) in [6.45, 7) is 3.61. The monoisotopic (exact) mass is 453 g/mol. The maximum Gasteiger partial charge on any atom is 0.294 e. The van der Waals surface area contributed by atoms with Crippen LogP contribution < -0.4 is 4.90 Å². The standard InChI is InChI=1S/C23H23N3O5S/c27-20(25-8-7-16-3-1-2-4-17(16)14-25)15-26-22(28)19(32-23(26)29)13-18-5-6-21(31-18)24-9-11-30-12-10-24/h1-6,13H,7-12,14-15H2/b19-13-. The van der Waals surface area contributed by atoms with Crippen molar-refractivity contribution < 1.29 is 23.5 Å². The third-order valence-electron chi connectivity index (χ3n) is 5.86. The molecular weight excluding hydrogens is 430 g/mol. The number of fused-ring (bicyclic) bond motifs is 1. The molecule has 0 radical (unpaired) electrons. The second kappa shape index (κ2) is 8.84. The molecule has 3 aliphatic rings. The zero-order valence-corrected chi connectivity index (χ0v) is 18.3. The molecule has 3 aliphatic heterocycles. The molecule has 2 aromatic rings. The van der Waals surface area contributed by atoms with Crippen LogP contribution in [0.5, 0.6) is 0 Å². The Balaban J connectivity index is 1.24. The van der Waals surface area contributed by atoms with Crippen molar-refractivity contribution in [3.05, 3.63) is 58.2 Å². The molecule has 0 aliphatic carbocycles. The number of imide groups is 1. The highest BCUT2D eigenvalue weighted by molar-refractivity contribution is 8.18. The third kappa shape index (κ3) is 4.18. The summed E-state index contributed by atoms with van der Waals surface area (Å²) in [5.74, 6) is 0.515. The van der Waals surface area contributed by atoms with Gasteiger partial charge in [0.15, 0.2) is 5.88 Å². The normalized spacial score (nSPS) is 20.2. The second-order valence-electron chi connectivity index (χ2n) is 7.88. The minimum atomic E-state index is -0.463. The van der Waals surface area contributed by atoms with Crippen molar-refractivity contribution in [1.82, 2.24) is 9.80 Å². The van der Waals surface area contributed by atoms with E-state index in [0.29, 0.717) is 37.9 Å². The van der Waals surface area contributed by atoms with Gasteiger partial charge in [-0.25, -0.2) is 0 Å². The van der Waals surface area contributed by atoms with Crippen molar-refractivity contribution in [3.8, 4) is 0 Å². The van der Waals surface area contributed by atoms with Crippen LogP contribution in [0.2, 0.25) is 0 Å². The van der Waals surface area contributed by atoms with Gasteiger partial charge >= 0.3 is 0 Å². The molecule has 5 rings (SSSR count). The van der Waals surface area contributed by atoms with E-state index in [1.165, 1.54) is 5.56 Å². The molecule has 2 saturated heterocycles. The fraction of sp³-hybridized carbons (Fsp3) is 0.348. The molecule has 1 aromatic heterocycles. The van der Waals surface area contributed by atoms with Crippen molar-refractivity contribution in [1.29, 1.82) is 0 Å². The number of rotatable bonds is 4. The van der Waals surface area contributed by atoms with Gasteiger partial charge in [-0.1, -0.05) is 24.3 Å². The number of amides is 3. The van der Waals surface area contributed by atoms with Crippen LogP contribution in [0.4, 0.5) is 10.7 Å².